The van der Waals surface area contributed by atoms with E-state index in [0.717, 1.165) is 19.3 Å². The summed E-state index contributed by atoms with van der Waals surface area (Å²) in [5.74, 6) is 0. The maximum Gasteiger partial charge on any atom is -0.0667 e. The van der Waals surface area contributed by atoms with Crippen LogP contribution in [0.5, 0.6) is 0 Å². The predicted octanol–water partition coefficient (Wildman–Crippen LogP) is -0.431. The Hall–Kier alpha value is 0.419. The van der Waals surface area contributed by atoms with E-state index in [0.29, 0.717) is 0 Å². The van der Waals surface area contributed by atoms with Crippen LogP contribution in [0.25, 0.3) is 0 Å². The number of hydrogen-bond acceptors (Lipinski definition) is 3. The van der Waals surface area contributed by atoms with E-state index in [9.17, 15) is 15.3 Å². The minimum atomic E-state index is 0.0694. The average Bonchev–Trinajstić information content (AvgIpc) is 2.30. The van der Waals surface area contributed by atoms with Gasteiger partial charge in [0.15, 0.2) is 0 Å². The zero-order valence-corrected chi connectivity index (χ0v) is 13.1. The molecule has 4 heteroatoms. The van der Waals surface area contributed by atoms with Crippen molar-refractivity contribution in [2.24, 2.45) is 0 Å². The molecule has 0 aliphatic carbocycles. The Kier molecular flexibility index (Phi) is 77.3. The molecule has 0 saturated carbocycles. The zero-order chi connectivity index (χ0) is 12.9. The van der Waals surface area contributed by atoms with Crippen molar-refractivity contribution in [1.82, 2.24) is 0 Å². The Labute approximate surface area is 108 Å². The molecule has 0 unspecified atom stereocenters. The van der Waals surface area contributed by atoms with Gasteiger partial charge in [0.05, 0.1) is 0 Å². The Morgan fingerprint density at radius 2 is 0.933 bits per heavy atom. The smallest absolute Gasteiger partial charge is 0.0667 e. The first kappa shape index (κ1) is 24.6. The van der Waals surface area contributed by atoms with E-state index in [2.05, 4.69) is 6.58 Å². The van der Waals surface area contributed by atoms with E-state index in [-0.39, 0.29) is 19.8 Å². The Balaban J connectivity index is -0.0000000542. The quantitative estimate of drug-likeness (QED) is 0.662. The van der Waals surface area contributed by atoms with Crippen LogP contribution in [0.1, 0.15) is 40.0 Å². The van der Waals surface area contributed by atoms with Crippen molar-refractivity contribution in [1.29, 1.82) is 0 Å². The standard InChI is InChI=1S/3C3H7O.C2H3.Sn/c3*1-2-3-4;1-2;/h3*2-3H2,1H3;1H,2H2;/q3*-1;;+3. The molecular formula is C11H24O3Sn. The first-order valence-electron chi connectivity index (χ1n) is 5.18. The third-order valence-electron chi connectivity index (χ3n) is 0.612. The van der Waals surface area contributed by atoms with E-state index in [1.165, 1.54) is 22.5 Å². The van der Waals surface area contributed by atoms with Gasteiger partial charge >= 0.3 is 33.2 Å². The van der Waals surface area contributed by atoms with Crippen LogP contribution in [0, 0.1) is 0 Å². The third kappa shape index (κ3) is 190. The second kappa shape index (κ2) is 47.2. The summed E-state index contributed by atoms with van der Waals surface area (Å²) in [6.45, 7) is 9.21. The van der Waals surface area contributed by atoms with Crippen molar-refractivity contribution < 1.29 is 15.3 Å². The fourth-order valence-corrected chi connectivity index (χ4v) is 0. The van der Waals surface area contributed by atoms with Crippen LogP contribution in [0.4, 0.5) is 0 Å². The van der Waals surface area contributed by atoms with Crippen LogP contribution in [-0.2, 0) is 0 Å². The first-order chi connectivity index (χ1) is 7.16. The van der Waals surface area contributed by atoms with Crippen molar-refractivity contribution in [3.8, 4) is 0 Å². The summed E-state index contributed by atoms with van der Waals surface area (Å²) in [6.07, 6.45) is 2.29. The average molecular weight is 323 g/mol. The normalized spacial score (nSPS) is 6.93. The van der Waals surface area contributed by atoms with Gasteiger partial charge in [-0.05, 0) is 0 Å². The van der Waals surface area contributed by atoms with Crippen molar-refractivity contribution >= 4 is 22.5 Å². The molecule has 0 radical (unpaired) electrons. The number of rotatable bonds is 3. The SMILES string of the molecule is C=[CH][Sn+3].CCC[O-].CCC[O-].CCC[O-]. The molecule has 90 valence electrons. The third-order valence-corrected chi connectivity index (χ3v) is 0.612. The minimum absolute atomic E-state index is 0.0694. The van der Waals surface area contributed by atoms with Crippen LogP contribution in [0.15, 0.2) is 10.7 Å². The van der Waals surface area contributed by atoms with E-state index in [1.807, 2.05) is 24.9 Å². The molecule has 0 aromatic rings. The van der Waals surface area contributed by atoms with E-state index in [4.69, 9.17) is 0 Å². The predicted molar refractivity (Wildman–Crippen MR) is 61.4 cm³/mol. The second-order valence-electron chi connectivity index (χ2n) is 2.32. The summed E-state index contributed by atoms with van der Waals surface area (Å²) in [6, 6.07) is 0. The van der Waals surface area contributed by atoms with Gasteiger partial charge in [-0.1, -0.05) is 40.0 Å². The monoisotopic (exact) mass is 324 g/mol. The Bertz CT molecular complexity index is 55.3. The van der Waals surface area contributed by atoms with Gasteiger partial charge in [-0.25, -0.2) is 0 Å². The minimum Gasteiger partial charge on any atom is -0.854 e. The summed E-state index contributed by atoms with van der Waals surface area (Å²) in [7, 11) is 0. The maximum absolute atomic E-state index is 9.30. The number of hydrogen-bond donors (Lipinski definition) is 0. The molecule has 15 heavy (non-hydrogen) atoms. The molecule has 0 aromatic carbocycles. The zero-order valence-electron chi connectivity index (χ0n) is 10.3. The molecule has 0 amide bonds. The van der Waals surface area contributed by atoms with E-state index >= 15 is 0 Å². The van der Waals surface area contributed by atoms with Crippen molar-refractivity contribution in [3.05, 3.63) is 10.7 Å². The van der Waals surface area contributed by atoms with Crippen LogP contribution >= 0.6 is 0 Å². The summed E-state index contributed by atoms with van der Waals surface area (Å²) in [5.41, 5.74) is 0. The van der Waals surface area contributed by atoms with Gasteiger partial charge in [0, 0.05) is 0 Å². The van der Waals surface area contributed by atoms with Gasteiger partial charge in [0.2, 0.25) is 0 Å². The summed E-state index contributed by atoms with van der Waals surface area (Å²) in [4.78, 5) is 0. The first-order valence-corrected chi connectivity index (χ1v) is 6.83. The van der Waals surface area contributed by atoms with Crippen molar-refractivity contribution in [2.75, 3.05) is 19.8 Å². The second-order valence-corrected chi connectivity index (χ2v) is 3.48. The summed E-state index contributed by atoms with van der Waals surface area (Å²) < 4.78 is 1.84. The van der Waals surface area contributed by atoms with Gasteiger partial charge in [0.25, 0.3) is 0 Å². The molecule has 0 spiro atoms. The molecule has 0 fully saturated rings. The van der Waals surface area contributed by atoms with Crippen LogP contribution in [-0.4, -0.2) is 42.3 Å². The molecule has 0 N–H and O–H groups in total. The molecule has 0 rings (SSSR count). The molecule has 0 saturated heterocycles. The van der Waals surface area contributed by atoms with Crippen LogP contribution in [0.3, 0.4) is 0 Å². The molecule has 0 aliphatic heterocycles. The van der Waals surface area contributed by atoms with Crippen molar-refractivity contribution in [3.63, 3.8) is 0 Å². The van der Waals surface area contributed by atoms with E-state index in [1.54, 1.807) is 0 Å². The van der Waals surface area contributed by atoms with Gasteiger partial charge < -0.3 is 15.3 Å². The fraction of sp³-hybridized carbons (Fsp3) is 0.818. The molecule has 0 aromatic heterocycles. The van der Waals surface area contributed by atoms with Crippen LogP contribution in [0.2, 0.25) is 0 Å². The molecule has 0 heterocycles. The summed E-state index contributed by atoms with van der Waals surface area (Å²) in [5, 5.41) is 27.9. The molecular weight excluding hydrogens is 299 g/mol. The van der Waals surface area contributed by atoms with E-state index < -0.39 is 0 Å². The molecule has 0 atom stereocenters. The van der Waals surface area contributed by atoms with Gasteiger partial charge in [-0.2, -0.15) is 0 Å². The summed E-state index contributed by atoms with van der Waals surface area (Å²) >= 11 is 1.40. The maximum atomic E-state index is 9.30. The molecule has 3 nitrogen and oxygen atoms in total. The van der Waals surface area contributed by atoms with Gasteiger partial charge in [-0.3, -0.25) is 0 Å². The van der Waals surface area contributed by atoms with Gasteiger partial charge in [-0.15, -0.1) is 19.8 Å². The molecule has 0 aliphatic rings. The van der Waals surface area contributed by atoms with Gasteiger partial charge in [0.1, 0.15) is 0 Å². The fourth-order valence-electron chi connectivity index (χ4n) is 0. The van der Waals surface area contributed by atoms with Crippen LogP contribution < -0.4 is 15.3 Å². The molecule has 0 bridgehead atoms. The Morgan fingerprint density at radius 3 is 0.933 bits per heavy atom. The van der Waals surface area contributed by atoms with Crippen molar-refractivity contribution in [2.45, 2.75) is 40.0 Å². The topological polar surface area (TPSA) is 69.2 Å². The Morgan fingerprint density at radius 1 is 0.867 bits per heavy atom. The largest absolute Gasteiger partial charge is 0.854 e.